The molecule has 0 N–H and O–H groups in total. The van der Waals surface area contributed by atoms with E-state index >= 15 is 0 Å². The summed E-state index contributed by atoms with van der Waals surface area (Å²) < 4.78 is 6.76. The van der Waals surface area contributed by atoms with E-state index in [1.54, 1.807) is 22.9 Å². The van der Waals surface area contributed by atoms with Crippen molar-refractivity contribution in [1.29, 1.82) is 0 Å². The highest BCUT2D eigenvalue weighted by Crippen LogP contribution is 2.47. The third-order valence-corrected chi connectivity index (χ3v) is 3.88. The summed E-state index contributed by atoms with van der Waals surface area (Å²) in [5.41, 5.74) is 1.38. The molecule has 0 aliphatic heterocycles. The lowest BCUT2D eigenvalue weighted by molar-refractivity contribution is 0.430. The zero-order valence-electron chi connectivity index (χ0n) is 8.72. The molecular formula is C11H12N2O2S. The van der Waals surface area contributed by atoms with Crippen LogP contribution in [0.4, 0.5) is 0 Å². The number of fused-ring (bicyclic) bond motifs is 1. The molecule has 0 amide bonds. The van der Waals surface area contributed by atoms with Gasteiger partial charge in [0.05, 0.1) is 0 Å². The summed E-state index contributed by atoms with van der Waals surface area (Å²) in [6.07, 6.45) is 3.93. The summed E-state index contributed by atoms with van der Waals surface area (Å²) in [6, 6.07) is 3.53. The van der Waals surface area contributed by atoms with Crippen molar-refractivity contribution < 1.29 is 4.42 Å². The minimum absolute atomic E-state index is 0.182. The van der Waals surface area contributed by atoms with Gasteiger partial charge in [0.15, 0.2) is 11.2 Å². The van der Waals surface area contributed by atoms with E-state index in [1.165, 1.54) is 0 Å². The molecule has 0 saturated heterocycles. The first-order chi connectivity index (χ1) is 7.74. The van der Waals surface area contributed by atoms with Crippen LogP contribution in [-0.2, 0) is 6.54 Å². The zero-order valence-corrected chi connectivity index (χ0v) is 9.61. The molecule has 1 aliphatic carbocycles. The summed E-state index contributed by atoms with van der Waals surface area (Å²) in [5.74, 6) is 0.487. The standard InChI is InChI=1S/C11H12N2O2S/c14-10-13(6-11(7-16)3-4-11)9-8(15-10)2-1-5-12-9/h1-2,5,16H,3-4,6-7H2. The first-order valence-electron chi connectivity index (χ1n) is 5.29. The average Bonchev–Trinajstić information content (AvgIpc) is 3.01. The molecule has 0 atom stereocenters. The molecule has 0 radical (unpaired) electrons. The fourth-order valence-electron chi connectivity index (χ4n) is 1.92. The van der Waals surface area contributed by atoms with Gasteiger partial charge in [-0.15, -0.1) is 0 Å². The second-order valence-electron chi connectivity index (χ2n) is 4.44. The van der Waals surface area contributed by atoms with Gasteiger partial charge in [0, 0.05) is 12.7 Å². The van der Waals surface area contributed by atoms with Crippen LogP contribution in [0.25, 0.3) is 11.2 Å². The van der Waals surface area contributed by atoms with E-state index in [1.807, 2.05) is 0 Å². The molecule has 0 unspecified atom stereocenters. The predicted octanol–water partition coefficient (Wildman–Crippen LogP) is 1.70. The minimum Gasteiger partial charge on any atom is -0.406 e. The van der Waals surface area contributed by atoms with Crippen molar-refractivity contribution in [3.63, 3.8) is 0 Å². The highest BCUT2D eigenvalue weighted by atomic mass is 32.1. The van der Waals surface area contributed by atoms with Crippen molar-refractivity contribution in [2.75, 3.05) is 5.75 Å². The summed E-state index contributed by atoms with van der Waals surface area (Å²) in [5, 5.41) is 0. The first kappa shape index (κ1) is 9.96. The SMILES string of the molecule is O=c1oc2cccnc2n1CC1(CS)CC1. The Labute approximate surface area is 97.7 Å². The largest absolute Gasteiger partial charge is 0.421 e. The smallest absolute Gasteiger partial charge is 0.406 e. The highest BCUT2D eigenvalue weighted by Gasteiger charge is 2.42. The molecule has 2 aromatic heterocycles. The molecular weight excluding hydrogens is 224 g/mol. The third-order valence-electron chi connectivity index (χ3n) is 3.21. The van der Waals surface area contributed by atoms with Crippen LogP contribution in [0.1, 0.15) is 12.8 Å². The Hall–Kier alpha value is -1.23. The highest BCUT2D eigenvalue weighted by molar-refractivity contribution is 7.80. The second-order valence-corrected chi connectivity index (χ2v) is 4.75. The van der Waals surface area contributed by atoms with Crippen LogP contribution in [0.3, 0.4) is 0 Å². The van der Waals surface area contributed by atoms with Gasteiger partial charge < -0.3 is 4.42 Å². The quantitative estimate of drug-likeness (QED) is 0.825. The predicted molar refractivity (Wildman–Crippen MR) is 63.8 cm³/mol. The van der Waals surface area contributed by atoms with Gasteiger partial charge in [-0.2, -0.15) is 12.6 Å². The lowest BCUT2D eigenvalue weighted by Crippen LogP contribution is -2.22. The Bertz CT molecular complexity index is 583. The van der Waals surface area contributed by atoms with E-state index in [4.69, 9.17) is 4.42 Å². The van der Waals surface area contributed by atoms with Crippen molar-refractivity contribution in [3.05, 3.63) is 28.9 Å². The fraction of sp³-hybridized carbons (Fsp3) is 0.455. The van der Waals surface area contributed by atoms with Crippen LogP contribution >= 0.6 is 12.6 Å². The van der Waals surface area contributed by atoms with Gasteiger partial charge >= 0.3 is 5.76 Å². The molecule has 2 aromatic rings. The van der Waals surface area contributed by atoms with Crippen molar-refractivity contribution in [2.24, 2.45) is 5.41 Å². The van der Waals surface area contributed by atoms with Gasteiger partial charge in [-0.3, -0.25) is 4.57 Å². The Kier molecular flexibility index (Phi) is 2.10. The number of nitrogens with zero attached hydrogens (tertiary/aromatic N) is 2. The molecule has 84 valence electrons. The normalized spacial score (nSPS) is 17.8. The van der Waals surface area contributed by atoms with Crippen LogP contribution in [0.15, 0.2) is 27.5 Å². The molecule has 0 aromatic carbocycles. The van der Waals surface area contributed by atoms with E-state index in [-0.39, 0.29) is 11.2 Å². The summed E-state index contributed by atoms with van der Waals surface area (Å²) in [4.78, 5) is 15.9. The number of pyridine rings is 1. The summed E-state index contributed by atoms with van der Waals surface area (Å²) >= 11 is 4.34. The Morgan fingerprint density at radius 3 is 3.06 bits per heavy atom. The number of aromatic nitrogens is 2. The second kappa shape index (κ2) is 3.38. The summed E-state index contributed by atoms with van der Waals surface area (Å²) in [7, 11) is 0. The van der Waals surface area contributed by atoms with Crippen LogP contribution < -0.4 is 5.76 Å². The van der Waals surface area contributed by atoms with Crippen molar-refractivity contribution in [1.82, 2.24) is 9.55 Å². The number of rotatable bonds is 3. The number of oxazole rings is 1. The first-order valence-corrected chi connectivity index (χ1v) is 5.93. The minimum atomic E-state index is -0.318. The van der Waals surface area contributed by atoms with Gasteiger partial charge in [0.25, 0.3) is 0 Å². The van der Waals surface area contributed by atoms with Crippen molar-refractivity contribution >= 4 is 23.9 Å². The van der Waals surface area contributed by atoms with Crippen molar-refractivity contribution in [3.8, 4) is 0 Å². The monoisotopic (exact) mass is 236 g/mol. The lowest BCUT2D eigenvalue weighted by atomic mass is 10.1. The fourth-order valence-corrected chi connectivity index (χ4v) is 2.33. The van der Waals surface area contributed by atoms with Crippen molar-refractivity contribution in [2.45, 2.75) is 19.4 Å². The Morgan fingerprint density at radius 1 is 1.56 bits per heavy atom. The molecule has 3 rings (SSSR count). The number of thiol groups is 1. The van der Waals surface area contributed by atoms with Gasteiger partial charge in [0.1, 0.15) is 0 Å². The maximum absolute atomic E-state index is 11.7. The number of hydrogen-bond donors (Lipinski definition) is 1. The molecule has 1 fully saturated rings. The maximum atomic E-state index is 11.7. The van der Waals surface area contributed by atoms with E-state index in [0.29, 0.717) is 17.8 Å². The Morgan fingerprint density at radius 2 is 2.38 bits per heavy atom. The topological polar surface area (TPSA) is 48.0 Å². The molecule has 2 heterocycles. The molecule has 1 saturated carbocycles. The third kappa shape index (κ3) is 1.46. The molecule has 5 heteroatoms. The molecule has 0 bridgehead atoms. The molecule has 1 aliphatic rings. The van der Waals surface area contributed by atoms with Gasteiger partial charge in [-0.25, -0.2) is 9.78 Å². The van der Waals surface area contributed by atoms with E-state index in [9.17, 15) is 4.79 Å². The molecule has 0 spiro atoms. The van der Waals surface area contributed by atoms with Crippen LogP contribution in [-0.4, -0.2) is 15.3 Å². The van der Waals surface area contributed by atoms with E-state index in [0.717, 1.165) is 18.6 Å². The van der Waals surface area contributed by atoms with Gasteiger partial charge in [0.2, 0.25) is 0 Å². The average molecular weight is 236 g/mol. The van der Waals surface area contributed by atoms with Crippen LogP contribution in [0.2, 0.25) is 0 Å². The molecule has 4 nitrogen and oxygen atoms in total. The van der Waals surface area contributed by atoms with Gasteiger partial charge in [-0.05, 0) is 36.1 Å². The van der Waals surface area contributed by atoms with Crippen LogP contribution in [0.5, 0.6) is 0 Å². The number of hydrogen-bond acceptors (Lipinski definition) is 4. The maximum Gasteiger partial charge on any atom is 0.421 e. The Balaban J connectivity index is 2.09. The lowest BCUT2D eigenvalue weighted by Gasteiger charge is -2.10. The molecule has 16 heavy (non-hydrogen) atoms. The zero-order chi connectivity index (χ0) is 11.2. The summed E-state index contributed by atoms with van der Waals surface area (Å²) in [6.45, 7) is 0.666. The van der Waals surface area contributed by atoms with E-state index in [2.05, 4.69) is 17.6 Å². The van der Waals surface area contributed by atoms with Crippen LogP contribution in [0, 0.1) is 5.41 Å². The van der Waals surface area contributed by atoms with Gasteiger partial charge in [-0.1, -0.05) is 0 Å². The van der Waals surface area contributed by atoms with E-state index < -0.39 is 0 Å².